The van der Waals surface area contributed by atoms with Gasteiger partial charge in [-0.05, 0) is 12.1 Å². The number of aromatic nitrogens is 2. The van der Waals surface area contributed by atoms with Gasteiger partial charge in [-0.1, -0.05) is 56.3 Å². The van der Waals surface area contributed by atoms with Crippen molar-refractivity contribution in [2.45, 2.75) is 26.8 Å². The Labute approximate surface area is 153 Å². The number of hydrogen-bond acceptors (Lipinski definition) is 3. The van der Waals surface area contributed by atoms with Crippen molar-refractivity contribution in [1.29, 1.82) is 0 Å². The summed E-state index contributed by atoms with van der Waals surface area (Å²) in [5, 5.41) is 2.91. The normalized spacial score (nSPS) is 11.0. The van der Waals surface area contributed by atoms with Crippen molar-refractivity contribution in [3.8, 4) is 0 Å². The van der Waals surface area contributed by atoms with Crippen LogP contribution in [0.2, 0.25) is 0 Å². The van der Waals surface area contributed by atoms with Gasteiger partial charge in [-0.15, -0.1) is 0 Å². The molecule has 1 amide bonds. The smallest absolute Gasteiger partial charge is 0.222 e. The molecule has 0 saturated carbocycles. The van der Waals surface area contributed by atoms with Crippen molar-refractivity contribution >= 4 is 22.7 Å². The first-order chi connectivity index (χ1) is 12.6. The van der Waals surface area contributed by atoms with Crippen molar-refractivity contribution in [3.05, 3.63) is 66.0 Å². The van der Waals surface area contributed by atoms with E-state index < -0.39 is 0 Å². The molecule has 0 radical (unpaired) electrons. The van der Waals surface area contributed by atoms with Crippen LogP contribution in [-0.2, 0) is 17.8 Å². The maximum absolute atomic E-state index is 12.7. The number of nitrogens with one attached hydrogen (secondary N) is 1. The van der Waals surface area contributed by atoms with Crippen LogP contribution in [0.4, 0.5) is 0 Å². The Balaban J connectivity index is 1.83. The second-order valence-corrected chi connectivity index (χ2v) is 6.59. The molecule has 0 aliphatic carbocycles. The molecule has 3 rings (SSSR count). The summed E-state index contributed by atoms with van der Waals surface area (Å²) in [5.74, 6) is 0.822. The van der Waals surface area contributed by atoms with Gasteiger partial charge in [-0.3, -0.25) is 9.59 Å². The average Bonchev–Trinajstić information content (AvgIpc) is 3.00. The third kappa shape index (κ3) is 3.99. The highest BCUT2D eigenvalue weighted by atomic mass is 16.1. The maximum atomic E-state index is 12.7. The Bertz CT molecular complexity index is 913. The van der Waals surface area contributed by atoms with E-state index in [1.165, 1.54) is 0 Å². The van der Waals surface area contributed by atoms with Gasteiger partial charge >= 0.3 is 0 Å². The molecule has 0 bridgehead atoms. The Morgan fingerprint density at radius 1 is 1.04 bits per heavy atom. The minimum absolute atomic E-state index is 0.0213. The molecule has 5 heteroatoms. The number of carbonyl (C=O) groups excluding carboxylic acids is 2. The first-order valence-corrected chi connectivity index (χ1v) is 8.86. The average molecular weight is 349 g/mol. The maximum Gasteiger partial charge on any atom is 0.222 e. The van der Waals surface area contributed by atoms with Crippen LogP contribution < -0.4 is 5.32 Å². The number of ketones is 1. The Morgan fingerprint density at radius 2 is 1.73 bits per heavy atom. The summed E-state index contributed by atoms with van der Waals surface area (Å²) >= 11 is 0. The Morgan fingerprint density at radius 3 is 2.46 bits per heavy atom. The second kappa shape index (κ2) is 7.95. The number of amides is 1. The highest BCUT2D eigenvalue weighted by Gasteiger charge is 2.15. The predicted octanol–water partition coefficient (Wildman–Crippen LogP) is 3.23. The Hall–Kier alpha value is -2.95. The van der Waals surface area contributed by atoms with Crippen LogP contribution in [-0.4, -0.2) is 27.8 Å². The van der Waals surface area contributed by atoms with Gasteiger partial charge in [0.05, 0.1) is 17.6 Å². The third-order valence-electron chi connectivity index (χ3n) is 4.30. The van der Waals surface area contributed by atoms with Crippen molar-refractivity contribution < 1.29 is 9.59 Å². The number of hydrogen-bond donors (Lipinski definition) is 1. The fourth-order valence-corrected chi connectivity index (χ4v) is 2.85. The molecule has 0 spiro atoms. The lowest BCUT2D eigenvalue weighted by Gasteiger charge is -2.10. The van der Waals surface area contributed by atoms with Gasteiger partial charge in [0.1, 0.15) is 5.82 Å². The lowest BCUT2D eigenvalue weighted by Crippen LogP contribution is -2.30. The van der Waals surface area contributed by atoms with Gasteiger partial charge in [0.15, 0.2) is 5.78 Å². The number of fused-ring (bicyclic) bond motifs is 1. The number of para-hydroxylation sites is 2. The van der Waals surface area contributed by atoms with E-state index in [0.29, 0.717) is 18.5 Å². The molecule has 5 nitrogen and oxygen atoms in total. The molecular weight excluding hydrogens is 326 g/mol. The Kier molecular flexibility index (Phi) is 5.46. The van der Waals surface area contributed by atoms with Crippen molar-refractivity contribution in [2.75, 3.05) is 6.54 Å². The summed E-state index contributed by atoms with van der Waals surface area (Å²) in [6.45, 7) is 4.46. The standard InChI is InChI=1S/C21H23N3O2/c1-15(2)21(26)22-13-12-20-23-17-10-6-7-11-18(17)24(20)14-19(25)16-8-4-3-5-9-16/h3-11,15H,12-14H2,1-2H3,(H,22,26). The van der Waals surface area contributed by atoms with Gasteiger partial charge in [0.25, 0.3) is 0 Å². The van der Waals surface area contributed by atoms with Crippen LogP contribution in [0.1, 0.15) is 30.0 Å². The summed E-state index contributed by atoms with van der Waals surface area (Å²) < 4.78 is 1.95. The first kappa shape index (κ1) is 17.9. The fraction of sp³-hybridized carbons (Fsp3) is 0.286. The topological polar surface area (TPSA) is 64.0 Å². The molecule has 2 aromatic carbocycles. The molecule has 134 valence electrons. The number of carbonyl (C=O) groups is 2. The van der Waals surface area contributed by atoms with E-state index in [0.717, 1.165) is 16.9 Å². The number of rotatable bonds is 7. The van der Waals surface area contributed by atoms with Crippen LogP contribution in [0.3, 0.4) is 0 Å². The molecule has 0 aliphatic heterocycles. The van der Waals surface area contributed by atoms with Gasteiger partial charge in [-0.2, -0.15) is 0 Å². The number of benzene rings is 2. The van der Waals surface area contributed by atoms with E-state index in [1.54, 1.807) is 0 Å². The molecule has 0 atom stereocenters. The summed E-state index contributed by atoms with van der Waals surface area (Å²) in [7, 11) is 0. The molecule has 0 aliphatic rings. The van der Waals surface area contributed by atoms with E-state index in [1.807, 2.05) is 73.0 Å². The monoisotopic (exact) mass is 349 g/mol. The molecule has 0 unspecified atom stereocenters. The van der Waals surface area contributed by atoms with Crippen LogP contribution in [0, 0.1) is 5.92 Å². The van der Waals surface area contributed by atoms with E-state index >= 15 is 0 Å². The van der Waals surface area contributed by atoms with Crippen LogP contribution in [0.25, 0.3) is 11.0 Å². The van der Waals surface area contributed by atoms with Crippen molar-refractivity contribution in [3.63, 3.8) is 0 Å². The zero-order valence-electron chi connectivity index (χ0n) is 15.1. The van der Waals surface area contributed by atoms with Gasteiger partial charge in [0, 0.05) is 24.4 Å². The van der Waals surface area contributed by atoms with Crippen LogP contribution >= 0.6 is 0 Å². The summed E-state index contributed by atoms with van der Waals surface area (Å²) in [4.78, 5) is 29.1. The quantitative estimate of drug-likeness (QED) is 0.666. The molecule has 1 heterocycles. The van der Waals surface area contributed by atoms with Crippen LogP contribution in [0.5, 0.6) is 0 Å². The molecule has 3 aromatic rings. The number of imidazole rings is 1. The summed E-state index contributed by atoms with van der Waals surface area (Å²) in [6, 6.07) is 17.1. The summed E-state index contributed by atoms with van der Waals surface area (Å²) in [6.07, 6.45) is 0.579. The molecule has 0 saturated heterocycles. The fourth-order valence-electron chi connectivity index (χ4n) is 2.85. The largest absolute Gasteiger partial charge is 0.355 e. The second-order valence-electron chi connectivity index (χ2n) is 6.59. The van der Waals surface area contributed by atoms with Crippen LogP contribution in [0.15, 0.2) is 54.6 Å². The molecule has 1 aromatic heterocycles. The molecule has 1 N–H and O–H groups in total. The highest BCUT2D eigenvalue weighted by Crippen LogP contribution is 2.17. The number of Topliss-reactive ketones (excluding diaryl/α,β-unsaturated/α-hetero) is 1. The highest BCUT2D eigenvalue weighted by molar-refractivity contribution is 5.96. The molecule has 0 fully saturated rings. The SMILES string of the molecule is CC(C)C(=O)NCCc1nc2ccccc2n1CC(=O)c1ccccc1. The molecular formula is C21H23N3O2. The third-order valence-corrected chi connectivity index (χ3v) is 4.30. The van der Waals surface area contributed by atoms with Crippen molar-refractivity contribution in [1.82, 2.24) is 14.9 Å². The van der Waals surface area contributed by atoms with Gasteiger partial charge < -0.3 is 9.88 Å². The van der Waals surface area contributed by atoms with E-state index in [2.05, 4.69) is 10.3 Å². The number of nitrogens with zero attached hydrogens (tertiary/aromatic N) is 2. The van der Waals surface area contributed by atoms with E-state index in [4.69, 9.17) is 0 Å². The predicted molar refractivity (Wildman–Crippen MR) is 102 cm³/mol. The first-order valence-electron chi connectivity index (χ1n) is 8.86. The lowest BCUT2D eigenvalue weighted by molar-refractivity contribution is -0.123. The van der Waals surface area contributed by atoms with Crippen molar-refractivity contribution in [2.24, 2.45) is 5.92 Å². The van der Waals surface area contributed by atoms with E-state index in [-0.39, 0.29) is 24.2 Å². The van der Waals surface area contributed by atoms with Gasteiger partial charge in [0.2, 0.25) is 5.91 Å². The minimum atomic E-state index is -0.0477. The lowest BCUT2D eigenvalue weighted by atomic mass is 10.1. The zero-order valence-corrected chi connectivity index (χ0v) is 15.1. The minimum Gasteiger partial charge on any atom is -0.355 e. The zero-order chi connectivity index (χ0) is 18.5. The van der Waals surface area contributed by atoms with E-state index in [9.17, 15) is 9.59 Å². The van der Waals surface area contributed by atoms with Gasteiger partial charge in [-0.25, -0.2) is 4.98 Å². The summed E-state index contributed by atoms with van der Waals surface area (Å²) in [5.41, 5.74) is 2.48. The molecule has 26 heavy (non-hydrogen) atoms.